The number of amides is 5. The number of carboxylic acid groups (broad SMARTS) is 5. The molecule has 30 nitrogen and oxygen atoms in total. The Bertz CT molecular complexity index is 2320. The van der Waals surface area contributed by atoms with Gasteiger partial charge >= 0.3 is 29.8 Å². The van der Waals surface area contributed by atoms with Crippen LogP contribution in [0.1, 0.15) is 35.1 Å². The van der Waals surface area contributed by atoms with Crippen LogP contribution in [0.25, 0.3) is 0 Å². The van der Waals surface area contributed by atoms with E-state index >= 15 is 0 Å². The van der Waals surface area contributed by atoms with Crippen molar-refractivity contribution in [1.82, 2.24) is 46.2 Å². The summed E-state index contributed by atoms with van der Waals surface area (Å²) in [4.78, 5) is 128. The smallest absolute Gasteiger partial charge is 0.320 e. The van der Waals surface area contributed by atoms with Gasteiger partial charge in [-0.25, -0.2) is 0 Å². The zero-order chi connectivity index (χ0) is 60.2. The average molecular weight is 1160 g/mol. The van der Waals surface area contributed by atoms with Gasteiger partial charge in [0.05, 0.1) is 59.2 Å². The molecule has 2 aromatic rings. The van der Waals surface area contributed by atoms with E-state index in [9.17, 15) is 63.3 Å². The number of nitrogens with two attached hydrogens (primary N) is 2. The van der Waals surface area contributed by atoms with Crippen molar-refractivity contribution in [3.05, 3.63) is 70.8 Å². The Morgan fingerprint density at radius 2 is 0.780 bits per heavy atom. The number of hydrogen-bond acceptors (Lipinski definition) is 20. The molecular formula is C52H79N11O19. The fourth-order valence-corrected chi connectivity index (χ4v) is 7.93. The minimum Gasteiger partial charge on any atom is -0.480 e. The van der Waals surface area contributed by atoms with Crippen LogP contribution < -0.4 is 38.1 Å². The highest BCUT2D eigenvalue weighted by molar-refractivity contribution is 5.84. The van der Waals surface area contributed by atoms with Crippen molar-refractivity contribution in [3.8, 4) is 0 Å². The number of aliphatic carboxylic acids is 5. The third kappa shape index (κ3) is 32.3. The van der Waals surface area contributed by atoms with E-state index in [1.165, 1.54) is 0 Å². The normalized spacial score (nSPS) is 15.1. The monoisotopic (exact) mass is 1160 g/mol. The summed E-state index contributed by atoms with van der Waals surface area (Å²) in [5.41, 5.74) is 14.2. The number of ether oxygens (including phenoxy) is 4. The standard InChI is InChI=1S/C52H79N11O19/c53-41(51(75)76)23-36-1-5-38(6-2-36)27-56-46(67)33-80-20-19-79-18-9-55-43(64)25-40(26-44(65)58-35-82-22-21-81-34-47(68)57-28-39-7-3-37(4-8-39)24-42(54)52(77)78)59-45(66)29-60-10-12-61(30-48(69)70)14-16-63(32-50(73)74)17-15-62(13-11-60)31-49(71)72/h1-8,40-42H,9-35,53-54H2,(H,55,64)(H,56,67)(H,57,68)(H,58,65)(H,59,66)(H,69,70)(H,71,72)(H,73,74)(H,75,76)(H,77,78)/t40?,41-,42-/m0/s1. The van der Waals surface area contributed by atoms with Crippen LogP contribution in [0.2, 0.25) is 0 Å². The first-order chi connectivity index (χ1) is 39.1. The number of benzene rings is 2. The number of nitrogens with zero attached hydrogens (tertiary/aromatic N) is 4. The molecular weight excluding hydrogens is 1080 g/mol. The van der Waals surface area contributed by atoms with E-state index in [1.54, 1.807) is 68.1 Å². The maximum Gasteiger partial charge on any atom is 0.320 e. The predicted octanol–water partition coefficient (Wildman–Crippen LogP) is -4.48. The number of nitrogens with one attached hydrogen (secondary N) is 5. The minimum atomic E-state index is -1.12. The van der Waals surface area contributed by atoms with Crippen LogP contribution in [0.5, 0.6) is 0 Å². The maximum atomic E-state index is 13.7. The zero-order valence-electron chi connectivity index (χ0n) is 45.8. The van der Waals surface area contributed by atoms with Crippen molar-refractivity contribution in [2.24, 2.45) is 11.5 Å². The second-order valence-corrected chi connectivity index (χ2v) is 19.2. The number of rotatable bonds is 38. The lowest BCUT2D eigenvalue weighted by Crippen LogP contribution is -2.51. The Balaban J connectivity index is 1.51. The van der Waals surface area contributed by atoms with Gasteiger partial charge in [-0.05, 0) is 35.1 Å². The van der Waals surface area contributed by atoms with Gasteiger partial charge in [-0.2, -0.15) is 0 Å². The van der Waals surface area contributed by atoms with Gasteiger partial charge in [0, 0.05) is 90.9 Å². The summed E-state index contributed by atoms with van der Waals surface area (Å²) in [7, 11) is 0. The summed E-state index contributed by atoms with van der Waals surface area (Å²) in [6.45, 7) is -0.286. The molecule has 3 atom stereocenters. The largest absolute Gasteiger partial charge is 0.480 e. The Morgan fingerprint density at radius 3 is 1.17 bits per heavy atom. The van der Waals surface area contributed by atoms with Crippen molar-refractivity contribution in [1.29, 1.82) is 0 Å². The van der Waals surface area contributed by atoms with Crippen LogP contribution in [0.15, 0.2) is 48.5 Å². The number of carbonyl (C=O) groups excluding carboxylic acids is 5. The van der Waals surface area contributed by atoms with Gasteiger partial charge in [-0.3, -0.25) is 67.5 Å². The summed E-state index contributed by atoms with van der Waals surface area (Å²) in [5, 5.41) is 60.1. The molecule has 82 heavy (non-hydrogen) atoms. The van der Waals surface area contributed by atoms with Gasteiger partial charge in [-0.15, -0.1) is 0 Å². The van der Waals surface area contributed by atoms with Gasteiger partial charge in [0.1, 0.15) is 32.0 Å². The molecule has 0 aliphatic carbocycles. The Kier molecular flexibility index (Phi) is 33.0. The molecule has 1 fully saturated rings. The molecule has 0 radical (unpaired) electrons. The van der Waals surface area contributed by atoms with Crippen LogP contribution in [0, 0.1) is 0 Å². The molecule has 1 saturated heterocycles. The van der Waals surface area contributed by atoms with E-state index in [-0.39, 0.29) is 183 Å². The molecule has 0 spiro atoms. The molecule has 1 aliphatic heterocycles. The van der Waals surface area contributed by atoms with Crippen molar-refractivity contribution < 1.29 is 92.4 Å². The first-order valence-electron chi connectivity index (χ1n) is 26.5. The first-order valence-corrected chi connectivity index (χ1v) is 26.5. The molecule has 0 bridgehead atoms. The fraction of sp³-hybridized carbons (Fsp3) is 0.577. The zero-order valence-corrected chi connectivity index (χ0v) is 45.8. The molecule has 1 heterocycles. The van der Waals surface area contributed by atoms with Crippen LogP contribution in [-0.2, 0) is 92.8 Å². The summed E-state index contributed by atoms with van der Waals surface area (Å²) in [6, 6.07) is 10.8. The lowest BCUT2D eigenvalue weighted by molar-refractivity contribution is -0.140. The minimum absolute atomic E-state index is 0.00901. The van der Waals surface area contributed by atoms with Gasteiger partial charge < -0.3 is 82.5 Å². The van der Waals surface area contributed by atoms with E-state index in [2.05, 4.69) is 26.6 Å². The highest BCUT2D eigenvalue weighted by Crippen LogP contribution is 2.09. The Labute approximate surface area is 474 Å². The van der Waals surface area contributed by atoms with E-state index in [0.29, 0.717) is 0 Å². The molecule has 3 rings (SSSR count). The predicted molar refractivity (Wildman–Crippen MR) is 289 cm³/mol. The van der Waals surface area contributed by atoms with Gasteiger partial charge in [0.2, 0.25) is 29.5 Å². The molecule has 2 aromatic carbocycles. The molecule has 0 saturated carbocycles. The van der Waals surface area contributed by atoms with Crippen molar-refractivity contribution in [2.45, 2.75) is 56.9 Å². The van der Waals surface area contributed by atoms with Crippen LogP contribution in [0.3, 0.4) is 0 Å². The molecule has 456 valence electrons. The molecule has 1 unspecified atom stereocenters. The first kappa shape index (κ1) is 69.0. The van der Waals surface area contributed by atoms with Gasteiger partial charge in [0.15, 0.2) is 0 Å². The molecule has 14 N–H and O–H groups in total. The number of carboxylic acids is 5. The second kappa shape index (κ2) is 39.2. The fourth-order valence-electron chi connectivity index (χ4n) is 7.93. The van der Waals surface area contributed by atoms with E-state index in [4.69, 9.17) is 40.6 Å². The topological polar surface area (TPSA) is 434 Å². The van der Waals surface area contributed by atoms with E-state index < -0.39 is 71.6 Å². The second-order valence-electron chi connectivity index (χ2n) is 19.2. The Morgan fingerprint density at radius 1 is 0.427 bits per heavy atom. The Hall–Kier alpha value is -7.26. The van der Waals surface area contributed by atoms with Crippen molar-refractivity contribution in [2.75, 3.05) is 138 Å². The highest BCUT2D eigenvalue weighted by atomic mass is 16.5. The summed E-state index contributed by atoms with van der Waals surface area (Å²) in [6.07, 6.45) is -0.403. The van der Waals surface area contributed by atoms with E-state index in [1.807, 2.05) is 0 Å². The molecule has 1 aliphatic rings. The summed E-state index contributed by atoms with van der Waals surface area (Å²) < 4.78 is 21.7. The lowest BCUT2D eigenvalue weighted by atomic mass is 10.0. The van der Waals surface area contributed by atoms with Crippen molar-refractivity contribution in [3.63, 3.8) is 0 Å². The summed E-state index contributed by atoms with van der Waals surface area (Å²) in [5.74, 6) is -8.07. The van der Waals surface area contributed by atoms with Gasteiger partial charge in [0.25, 0.3) is 0 Å². The third-order valence-electron chi connectivity index (χ3n) is 12.3. The SMILES string of the molecule is N[C@@H](Cc1ccc(CNC(=O)COCCOCCNC(=O)CC(CC(=O)NCOCCOCC(=O)NCc2ccc(C[C@H](N)C(=O)O)cc2)NC(=O)CN2CCN(CC(=O)O)CCN(CC(=O)O)CCN(CC(=O)O)CC2)cc1)C(=O)O. The van der Waals surface area contributed by atoms with Crippen LogP contribution in [-0.4, -0.2) is 261 Å². The number of hydrogen-bond donors (Lipinski definition) is 12. The van der Waals surface area contributed by atoms with Crippen LogP contribution in [0.4, 0.5) is 0 Å². The maximum absolute atomic E-state index is 13.7. The van der Waals surface area contributed by atoms with E-state index in [0.717, 1.165) is 22.3 Å². The molecule has 30 heteroatoms. The molecule has 0 aromatic heterocycles. The average Bonchev–Trinajstić information content (AvgIpc) is 3.42. The molecule has 5 amide bonds. The highest BCUT2D eigenvalue weighted by Gasteiger charge is 2.25. The van der Waals surface area contributed by atoms with Crippen LogP contribution >= 0.6 is 0 Å². The summed E-state index contributed by atoms with van der Waals surface area (Å²) >= 11 is 0. The third-order valence-corrected chi connectivity index (χ3v) is 12.3. The lowest BCUT2D eigenvalue weighted by Gasteiger charge is -2.33. The quantitative estimate of drug-likeness (QED) is 0.0223. The van der Waals surface area contributed by atoms with Gasteiger partial charge in [-0.1, -0.05) is 48.5 Å². The van der Waals surface area contributed by atoms with Crippen molar-refractivity contribution >= 4 is 59.4 Å². The number of carbonyl (C=O) groups is 10.